The van der Waals surface area contributed by atoms with Crippen LogP contribution in [0.3, 0.4) is 0 Å². The van der Waals surface area contributed by atoms with E-state index in [0.717, 1.165) is 0 Å². The maximum absolute atomic E-state index is 11.8. The topological polar surface area (TPSA) is 75.7 Å². The van der Waals surface area contributed by atoms with E-state index >= 15 is 0 Å². The highest BCUT2D eigenvalue weighted by Gasteiger charge is 2.30. The molecule has 100 valence electrons. The van der Waals surface area contributed by atoms with Crippen LogP contribution in [0.25, 0.3) is 0 Å². The minimum absolute atomic E-state index is 0.257. The van der Waals surface area contributed by atoms with Gasteiger partial charge in [0.1, 0.15) is 6.04 Å². The number of para-hydroxylation sites is 2. The summed E-state index contributed by atoms with van der Waals surface area (Å²) in [5, 5.41) is 2.30. The van der Waals surface area contributed by atoms with Crippen LogP contribution in [-0.2, 0) is 14.4 Å². The number of nitrogens with one attached hydrogen (secondary N) is 1. The Kier molecular flexibility index (Phi) is 3.79. The van der Waals surface area contributed by atoms with Gasteiger partial charge in [0.25, 0.3) is 6.47 Å². The number of ether oxygens (including phenoxy) is 1. The Morgan fingerprint density at radius 3 is 2.79 bits per heavy atom. The third-order valence-electron chi connectivity index (χ3n) is 3.10. The summed E-state index contributed by atoms with van der Waals surface area (Å²) in [4.78, 5) is 35.1. The third kappa shape index (κ3) is 2.73. The standard InChI is InChI=1S/C13H14N2O4/c1-15(10-6-7-12(17)14-13(10)18)9-4-2-3-5-11(9)19-8-16/h2-5,8,10H,6-7H2,1H3,(H,14,17,18). The van der Waals surface area contributed by atoms with E-state index in [-0.39, 0.29) is 11.8 Å². The minimum atomic E-state index is -0.450. The highest BCUT2D eigenvalue weighted by molar-refractivity contribution is 6.01. The van der Waals surface area contributed by atoms with Crippen molar-refractivity contribution >= 4 is 24.0 Å². The lowest BCUT2D eigenvalue weighted by molar-refractivity contribution is -0.134. The summed E-state index contributed by atoms with van der Waals surface area (Å²) in [7, 11) is 1.73. The fraction of sp³-hybridized carbons (Fsp3) is 0.308. The summed E-state index contributed by atoms with van der Waals surface area (Å²) in [6.07, 6.45) is 0.744. The molecular weight excluding hydrogens is 248 g/mol. The molecule has 6 heteroatoms. The molecule has 0 aromatic heterocycles. The van der Waals surface area contributed by atoms with Crippen molar-refractivity contribution in [3.63, 3.8) is 0 Å². The van der Waals surface area contributed by atoms with Crippen LogP contribution < -0.4 is 15.0 Å². The van der Waals surface area contributed by atoms with Crippen LogP contribution in [0, 0.1) is 0 Å². The van der Waals surface area contributed by atoms with Crippen LogP contribution in [0.15, 0.2) is 24.3 Å². The number of rotatable bonds is 4. The van der Waals surface area contributed by atoms with Gasteiger partial charge in [-0.15, -0.1) is 0 Å². The molecule has 0 saturated carbocycles. The number of likely N-dealkylation sites (N-methyl/N-ethyl adjacent to an activating group) is 1. The van der Waals surface area contributed by atoms with E-state index < -0.39 is 6.04 Å². The second kappa shape index (κ2) is 5.51. The molecule has 0 bridgehead atoms. The Balaban J connectivity index is 2.23. The van der Waals surface area contributed by atoms with Crippen LogP contribution in [0.2, 0.25) is 0 Å². The maximum atomic E-state index is 11.8. The van der Waals surface area contributed by atoms with Gasteiger partial charge in [-0.1, -0.05) is 12.1 Å². The van der Waals surface area contributed by atoms with Crippen molar-refractivity contribution in [1.29, 1.82) is 0 Å². The first kappa shape index (κ1) is 13.1. The fourth-order valence-electron chi connectivity index (χ4n) is 2.12. The van der Waals surface area contributed by atoms with Crippen LogP contribution in [0.4, 0.5) is 5.69 Å². The lowest BCUT2D eigenvalue weighted by Crippen LogP contribution is -2.51. The van der Waals surface area contributed by atoms with Crippen LogP contribution in [0.5, 0.6) is 5.75 Å². The van der Waals surface area contributed by atoms with Gasteiger partial charge in [-0.3, -0.25) is 19.7 Å². The van der Waals surface area contributed by atoms with Gasteiger partial charge in [-0.25, -0.2) is 0 Å². The number of carbonyl (C=O) groups is 3. The van der Waals surface area contributed by atoms with Crippen molar-refractivity contribution < 1.29 is 19.1 Å². The van der Waals surface area contributed by atoms with E-state index in [2.05, 4.69) is 5.32 Å². The second-order valence-corrected chi connectivity index (χ2v) is 4.26. The lowest BCUT2D eigenvalue weighted by atomic mass is 10.0. The number of nitrogens with zero attached hydrogens (tertiary/aromatic N) is 1. The van der Waals surface area contributed by atoms with Gasteiger partial charge in [0, 0.05) is 13.5 Å². The number of amides is 2. The zero-order chi connectivity index (χ0) is 13.8. The van der Waals surface area contributed by atoms with E-state index in [0.29, 0.717) is 30.8 Å². The second-order valence-electron chi connectivity index (χ2n) is 4.26. The molecule has 1 aromatic carbocycles. The Morgan fingerprint density at radius 2 is 2.11 bits per heavy atom. The van der Waals surface area contributed by atoms with Gasteiger partial charge in [0.2, 0.25) is 11.8 Å². The first-order chi connectivity index (χ1) is 9.13. The SMILES string of the molecule is CN(c1ccccc1OC=O)C1CCC(=O)NC1=O. The molecule has 0 spiro atoms. The van der Waals surface area contributed by atoms with Gasteiger partial charge in [-0.05, 0) is 18.6 Å². The molecule has 6 nitrogen and oxygen atoms in total. The molecule has 1 fully saturated rings. The molecule has 1 N–H and O–H groups in total. The molecule has 1 aliphatic heterocycles. The summed E-state index contributed by atoms with van der Waals surface area (Å²) >= 11 is 0. The monoisotopic (exact) mass is 262 g/mol. The average Bonchev–Trinajstić information content (AvgIpc) is 2.39. The number of anilines is 1. The number of hydrogen-bond acceptors (Lipinski definition) is 5. The number of carbonyl (C=O) groups excluding carboxylic acids is 3. The van der Waals surface area contributed by atoms with E-state index in [1.165, 1.54) is 0 Å². The summed E-state index contributed by atoms with van der Waals surface area (Å²) < 4.78 is 4.88. The van der Waals surface area contributed by atoms with E-state index in [9.17, 15) is 14.4 Å². The molecule has 2 amide bonds. The van der Waals surface area contributed by atoms with Crippen LogP contribution in [-0.4, -0.2) is 31.4 Å². The average molecular weight is 262 g/mol. The molecule has 1 aliphatic rings. The zero-order valence-corrected chi connectivity index (χ0v) is 10.5. The van der Waals surface area contributed by atoms with Crippen LogP contribution in [0.1, 0.15) is 12.8 Å². The van der Waals surface area contributed by atoms with Gasteiger partial charge in [-0.2, -0.15) is 0 Å². The van der Waals surface area contributed by atoms with Gasteiger partial charge in [0.15, 0.2) is 5.75 Å². The molecule has 19 heavy (non-hydrogen) atoms. The number of hydrogen-bond donors (Lipinski definition) is 1. The Bertz CT molecular complexity index is 515. The van der Waals surface area contributed by atoms with Gasteiger partial charge in [0.05, 0.1) is 5.69 Å². The quantitative estimate of drug-likeness (QED) is 0.630. The van der Waals surface area contributed by atoms with E-state index in [1.54, 1.807) is 36.2 Å². The fourth-order valence-corrected chi connectivity index (χ4v) is 2.12. The molecule has 2 rings (SSSR count). The van der Waals surface area contributed by atoms with E-state index in [4.69, 9.17) is 4.74 Å². The minimum Gasteiger partial charge on any atom is -0.427 e. The number of piperidine rings is 1. The molecule has 1 aromatic rings. The highest BCUT2D eigenvalue weighted by Crippen LogP contribution is 2.29. The zero-order valence-electron chi connectivity index (χ0n) is 10.5. The van der Waals surface area contributed by atoms with Crippen molar-refractivity contribution in [1.82, 2.24) is 5.32 Å². The number of benzene rings is 1. The molecular formula is C13H14N2O4. The molecule has 0 aliphatic carbocycles. The summed E-state index contributed by atoms with van der Waals surface area (Å²) in [6, 6.07) is 6.47. The molecule has 1 atom stereocenters. The number of imide groups is 1. The van der Waals surface area contributed by atoms with Crippen LogP contribution >= 0.6 is 0 Å². The summed E-state index contributed by atoms with van der Waals surface area (Å²) in [5.41, 5.74) is 0.629. The Hall–Kier alpha value is -2.37. The Labute approximate surface area is 110 Å². The smallest absolute Gasteiger partial charge is 0.298 e. The first-order valence-electron chi connectivity index (χ1n) is 5.89. The van der Waals surface area contributed by atoms with Crippen molar-refractivity contribution in [2.24, 2.45) is 0 Å². The lowest BCUT2D eigenvalue weighted by Gasteiger charge is -2.31. The largest absolute Gasteiger partial charge is 0.427 e. The molecule has 0 radical (unpaired) electrons. The summed E-state index contributed by atoms with van der Waals surface area (Å²) in [5.74, 6) is -0.212. The first-order valence-corrected chi connectivity index (χ1v) is 5.89. The molecule has 1 unspecified atom stereocenters. The predicted molar refractivity (Wildman–Crippen MR) is 67.7 cm³/mol. The normalized spacial score (nSPS) is 18.7. The van der Waals surface area contributed by atoms with Crippen molar-refractivity contribution in [3.05, 3.63) is 24.3 Å². The molecule has 1 heterocycles. The highest BCUT2D eigenvalue weighted by atomic mass is 16.5. The van der Waals surface area contributed by atoms with Gasteiger partial charge < -0.3 is 9.64 Å². The van der Waals surface area contributed by atoms with Crippen molar-refractivity contribution in [3.8, 4) is 5.75 Å². The third-order valence-corrected chi connectivity index (χ3v) is 3.10. The van der Waals surface area contributed by atoms with Crippen molar-refractivity contribution in [2.75, 3.05) is 11.9 Å². The van der Waals surface area contributed by atoms with E-state index in [1.807, 2.05) is 0 Å². The van der Waals surface area contributed by atoms with Crippen molar-refractivity contribution in [2.45, 2.75) is 18.9 Å². The Morgan fingerprint density at radius 1 is 1.37 bits per heavy atom. The maximum Gasteiger partial charge on any atom is 0.298 e. The predicted octanol–water partition coefficient (Wildman–Crippen LogP) is 0.463. The molecule has 1 saturated heterocycles. The summed E-state index contributed by atoms with van der Waals surface area (Å²) in [6.45, 7) is 0.344. The van der Waals surface area contributed by atoms with Gasteiger partial charge >= 0.3 is 0 Å².